The van der Waals surface area contributed by atoms with Gasteiger partial charge in [-0.15, -0.1) is 12.8 Å². The summed E-state index contributed by atoms with van der Waals surface area (Å²) in [5.74, 6) is -5.25. The molecule has 8 heteroatoms. The van der Waals surface area contributed by atoms with Gasteiger partial charge in [0, 0.05) is 0 Å². The molecule has 4 N–H and O–H groups in total. The summed E-state index contributed by atoms with van der Waals surface area (Å²) in [4.78, 5) is 37.7. The lowest BCUT2D eigenvalue weighted by atomic mass is 10.5. The van der Waals surface area contributed by atoms with Crippen molar-refractivity contribution in [2.75, 3.05) is 0 Å². The average molecular weight is 234 g/mol. The van der Waals surface area contributed by atoms with Crippen molar-refractivity contribution >= 4 is 23.9 Å². The SMILES string of the molecule is C#C.O=C(O)CC(=O)O.O=C(O)CC(=O)O. The van der Waals surface area contributed by atoms with Gasteiger partial charge in [-0.2, -0.15) is 0 Å². The van der Waals surface area contributed by atoms with Crippen molar-refractivity contribution in [3.63, 3.8) is 0 Å². The first kappa shape index (κ1) is 19.1. The van der Waals surface area contributed by atoms with Crippen LogP contribution in [0.2, 0.25) is 0 Å². The van der Waals surface area contributed by atoms with Gasteiger partial charge in [0.05, 0.1) is 0 Å². The molecule has 16 heavy (non-hydrogen) atoms. The molecule has 0 fully saturated rings. The Balaban J connectivity index is -0.000000183. The van der Waals surface area contributed by atoms with Gasteiger partial charge in [-0.25, -0.2) is 0 Å². The van der Waals surface area contributed by atoms with Crippen molar-refractivity contribution < 1.29 is 39.6 Å². The smallest absolute Gasteiger partial charge is 0.314 e. The fraction of sp³-hybridized carbons (Fsp3) is 0.250. The van der Waals surface area contributed by atoms with Crippen LogP contribution in [0.3, 0.4) is 0 Å². The van der Waals surface area contributed by atoms with Crippen molar-refractivity contribution in [2.24, 2.45) is 0 Å². The van der Waals surface area contributed by atoms with Crippen LogP contribution in [-0.4, -0.2) is 44.3 Å². The summed E-state index contributed by atoms with van der Waals surface area (Å²) in [5, 5.41) is 30.8. The molecule has 0 aliphatic carbocycles. The van der Waals surface area contributed by atoms with Gasteiger partial charge in [-0.1, -0.05) is 0 Å². The van der Waals surface area contributed by atoms with Gasteiger partial charge in [0.2, 0.25) is 0 Å². The summed E-state index contributed by atoms with van der Waals surface area (Å²) in [6.45, 7) is 0. The first-order valence-corrected chi connectivity index (χ1v) is 3.46. The molecule has 0 aromatic heterocycles. The molecule has 0 rings (SSSR count). The molecule has 0 radical (unpaired) electrons. The van der Waals surface area contributed by atoms with Crippen LogP contribution < -0.4 is 0 Å². The highest BCUT2D eigenvalue weighted by atomic mass is 16.4. The lowest BCUT2D eigenvalue weighted by Gasteiger charge is -1.80. The topological polar surface area (TPSA) is 149 Å². The average Bonchev–Trinajstić information content (AvgIpc) is 2.03. The maximum Gasteiger partial charge on any atom is 0.314 e. The highest BCUT2D eigenvalue weighted by Crippen LogP contribution is 1.74. The maximum atomic E-state index is 9.43. The second-order valence-electron chi connectivity index (χ2n) is 1.93. The highest BCUT2D eigenvalue weighted by molar-refractivity contribution is 5.89. The Kier molecular flexibility index (Phi) is 14.8. The number of hydrogen-bond donors (Lipinski definition) is 4. The van der Waals surface area contributed by atoms with E-state index in [1.807, 2.05) is 0 Å². The van der Waals surface area contributed by atoms with Gasteiger partial charge in [0.25, 0.3) is 0 Å². The van der Waals surface area contributed by atoms with E-state index in [2.05, 4.69) is 12.8 Å². The standard InChI is InChI=1S/2C3H4O4.C2H2/c2*4-2(5)1-3(6)7;1-2/h2*1H2,(H,4,5)(H,6,7);1-2H. The molecule has 0 amide bonds. The summed E-state index contributed by atoms with van der Waals surface area (Å²) >= 11 is 0. The van der Waals surface area contributed by atoms with Crippen LogP contribution in [0.1, 0.15) is 12.8 Å². The van der Waals surface area contributed by atoms with E-state index >= 15 is 0 Å². The second kappa shape index (κ2) is 12.4. The van der Waals surface area contributed by atoms with E-state index < -0.39 is 36.7 Å². The number of carboxylic acids is 4. The molecular weight excluding hydrogens is 224 g/mol. The Bertz CT molecular complexity index is 227. The number of aliphatic carboxylic acids is 4. The Morgan fingerprint density at radius 2 is 0.750 bits per heavy atom. The van der Waals surface area contributed by atoms with Gasteiger partial charge >= 0.3 is 23.9 Å². The Labute approximate surface area is 90.1 Å². The number of carboxylic acid groups (broad SMARTS) is 4. The molecule has 0 spiro atoms. The van der Waals surface area contributed by atoms with Gasteiger partial charge in [0.1, 0.15) is 12.8 Å². The molecular formula is C8H10O8. The van der Waals surface area contributed by atoms with Gasteiger partial charge in [0.15, 0.2) is 0 Å². The van der Waals surface area contributed by atoms with E-state index in [0.29, 0.717) is 0 Å². The predicted octanol–water partition coefficient (Wildman–Crippen LogP) is -0.659. The molecule has 0 bridgehead atoms. The van der Waals surface area contributed by atoms with Crippen LogP contribution in [0.25, 0.3) is 0 Å². The van der Waals surface area contributed by atoms with E-state index in [1.165, 1.54) is 0 Å². The molecule has 0 aliphatic rings. The maximum absolute atomic E-state index is 9.43. The molecule has 0 aromatic carbocycles. The predicted molar refractivity (Wildman–Crippen MR) is 49.7 cm³/mol. The third-order valence-electron chi connectivity index (χ3n) is 0.605. The van der Waals surface area contributed by atoms with Gasteiger partial charge in [-0.05, 0) is 0 Å². The van der Waals surface area contributed by atoms with Crippen LogP contribution in [0, 0.1) is 12.8 Å². The fourth-order valence-corrected chi connectivity index (χ4v) is 0.259. The molecule has 0 saturated carbocycles. The minimum Gasteiger partial charge on any atom is -0.481 e. The second-order valence-corrected chi connectivity index (χ2v) is 1.93. The first-order valence-electron chi connectivity index (χ1n) is 3.46. The van der Waals surface area contributed by atoms with Crippen LogP contribution in [0.5, 0.6) is 0 Å². The zero-order valence-electron chi connectivity index (χ0n) is 7.99. The van der Waals surface area contributed by atoms with Crippen molar-refractivity contribution in [3.05, 3.63) is 0 Å². The van der Waals surface area contributed by atoms with E-state index in [0.717, 1.165) is 0 Å². The molecule has 8 nitrogen and oxygen atoms in total. The summed E-state index contributed by atoms with van der Waals surface area (Å²) < 4.78 is 0. The van der Waals surface area contributed by atoms with Crippen LogP contribution in [0.15, 0.2) is 0 Å². The molecule has 0 unspecified atom stereocenters. The monoisotopic (exact) mass is 234 g/mol. The summed E-state index contributed by atoms with van der Waals surface area (Å²) in [7, 11) is 0. The van der Waals surface area contributed by atoms with E-state index in [-0.39, 0.29) is 0 Å². The summed E-state index contributed by atoms with van der Waals surface area (Å²) in [6.07, 6.45) is 6.39. The quantitative estimate of drug-likeness (QED) is 0.370. The third-order valence-corrected chi connectivity index (χ3v) is 0.605. The number of rotatable bonds is 4. The van der Waals surface area contributed by atoms with Crippen LogP contribution >= 0.6 is 0 Å². The van der Waals surface area contributed by atoms with Crippen molar-refractivity contribution in [2.45, 2.75) is 12.8 Å². The van der Waals surface area contributed by atoms with E-state index in [4.69, 9.17) is 20.4 Å². The fourth-order valence-electron chi connectivity index (χ4n) is 0.259. The van der Waals surface area contributed by atoms with Crippen molar-refractivity contribution in [3.8, 4) is 12.8 Å². The lowest BCUT2D eigenvalue weighted by Crippen LogP contribution is -2.03. The normalized spacial score (nSPS) is 7.12. The van der Waals surface area contributed by atoms with E-state index in [9.17, 15) is 19.2 Å². The zero-order chi connectivity index (χ0) is 13.7. The van der Waals surface area contributed by atoms with Crippen molar-refractivity contribution in [1.82, 2.24) is 0 Å². The van der Waals surface area contributed by atoms with Crippen LogP contribution in [-0.2, 0) is 19.2 Å². The molecule has 0 saturated heterocycles. The minimum absolute atomic E-state index is 0.806. The summed E-state index contributed by atoms with van der Waals surface area (Å²) in [6, 6.07) is 0. The lowest BCUT2D eigenvalue weighted by molar-refractivity contribution is -0.149. The molecule has 90 valence electrons. The van der Waals surface area contributed by atoms with Crippen molar-refractivity contribution in [1.29, 1.82) is 0 Å². The number of hydrogen-bond acceptors (Lipinski definition) is 4. The van der Waals surface area contributed by atoms with E-state index in [1.54, 1.807) is 0 Å². The molecule has 0 aromatic rings. The molecule has 0 heterocycles. The molecule has 0 aliphatic heterocycles. The zero-order valence-corrected chi connectivity index (χ0v) is 7.99. The number of terminal acetylenes is 1. The molecule has 0 atom stereocenters. The third kappa shape index (κ3) is 42.1. The first-order chi connectivity index (χ1) is 7.25. The summed E-state index contributed by atoms with van der Waals surface area (Å²) in [5.41, 5.74) is 0. The Hall–Kier alpha value is -2.56. The highest BCUT2D eigenvalue weighted by Gasteiger charge is 2.02. The van der Waals surface area contributed by atoms with Gasteiger partial charge < -0.3 is 20.4 Å². The number of carbonyl (C=O) groups is 4. The van der Waals surface area contributed by atoms with Gasteiger partial charge in [-0.3, -0.25) is 19.2 Å². The Morgan fingerprint density at radius 3 is 0.750 bits per heavy atom. The Morgan fingerprint density at radius 1 is 0.625 bits per heavy atom. The van der Waals surface area contributed by atoms with Crippen LogP contribution in [0.4, 0.5) is 0 Å². The minimum atomic E-state index is -1.31. The largest absolute Gasteiger partial charge is 0.481 e.